The second-order valence-corrected chi connectivity index (χ2v) is 21.4. The van der Waals surface area contributed by atoms with Crippen LogP contribution in [0.1, 0.15) is 11.1 Å². The van der Waals surface area contributed by atoms with E-state index in [4.69, 9.17) is 44.3 Å². The third-order valence-electron chi connectivity index (χ3n) is 2.79. The van der Waals surface area contributed by atoms with E-state index in [-0.39, 0.29) is 0 Å². The van der Waals surface area contributed by atoms with Gasteiger partial charge in [-0.1, -0.05) is 24.3 Å². The highest BCUT2D eigenvalue weighted by Crippen LogP contribution is 2.26. The summed E-state index contributed by atoms with van der Waals surface area (Å²) >= 11 is 24.6. The molecule has 0 aromatic heterocycles. The van der Waals surface area contributed by atoms with Gasteiger partial charge in [0.2, 0.25) is 13.4 Å². The predicted molar refractivity (Wildman–Crippen MR) is 90.1 cm³/mol. The summed E-state index contributed by atoms with van der Waals surface area (Å²) in [7, 11) is 0. The monoisotopic (exact) mass is 358 g/mol. The molecule has 0 heterocycles. The molecule has 0 bridgehead atoms. The molecule has 0 nitrogen and oxygen atoms in total. The first-order chi connectivity index (χ1) is 8.17. The number of hydrogen-bond donors (Lipinski definition) is 0. The molecule has 6 heteroatoms. The molecule has 0 aliphatic rings. The van der Waals surface area contributed by atoms with Gasteiger partial charge in [-0.2, -0.15) is 0 Å². The molecule has 0 saturated heterocycles. The molecule has 0 N–H and O–H groups in total. The molecular formula is C12H18Cl4Si2. The van der Waals surface area contributed by atoms with Gasteiger partial charge < -0.3 is 0 Å². The van der Waals surface area contributed by atoms with E-state index in [9.17, 15) is 0 Å². The van der Waals surface area contributed by atoms with Gasteiger partial charge in [-0.15, -0.1) is 44.3 Å². The van der Waals surface area contributed by atoms with Gasteiger partial charge >= 0.3 is 0 Å². The Kier molecular flexibility index (Phi) is 6.56. The van der Waals surface area contributed by atoms with E-state index in [0.717, 1.165) is 24.9 Å². The molecular weight excluding hydrogens is 342 g/mol. The van der Waals surface area contributed by atoms with E-state index in [1.165, 1.54) is 11.1 Å². The Morgan fingerprint density at radius 1 is 0.778 bits per heavy atom. The summed E-state index contributed by atoms with van der Waals surface area (Å²) in [5, 5.41) is 0. The summed E-state index contributed by atoms with van der Waals surface area (Å²) < 4.78 is 0. The summed E-state index contributed by atoms with van der Waals surface area (Å²) in [6, 6.07) is 10.2. The van der Waals surface area contributed by atoms with E-state index < -0.39 is 13.4 Å². The van der Waals surface area contributed by atoms with Crippen LogP contribution in [0.5, 0.6) is 0 Å². The lowest BCUT2D eigenvalue weighted by Gasteiger charge is -2.15. The van der Waals surface area contributed by atoms with Crippen LogP contribution >= 0.6 is 44.3 Å². The van der Waals surface area contributed by atoms with E-state index in [0.29, 0.717) is 0 Å². The van der Waals surface area contributed by atoms with Crippen LogP contribution in [0, 0.1) is 0 Å². The Hall–Kier alpha value is 0.814. The highest BCUT2D eigenvalue weighted by Gasteiger charge is 2.23. The molecule has 0 radical (unpaired) electrons. The molecule has 1 aromatic rings. The van der Waals surface area contributed by atoms with E-state index in [2.05, 4.69) is 24.3 Å². The van der Waals surface area contributed by atoms with Crippen LogP contribution < -0.4 is 0 Å². The first-order valence-electron chi connectivity index (χ1n) is 6.00. The Labute approximate surface area is 130 Å². The maximum absolute atomic E-state index is 6.15. The van der Waals surface area contributed by atoms with E-state index in [1.54, 1.807) is 0 Å². The lowest BCUT2D eigenvalue weighted by Crippen LogP contribution is -2.15. The van der Waals surface area contributed by atoms with Gasteiger partial charge in [0.15, 0.2) is 0 Å². The second kappa shape index (κ2) is 7.00. The predicted octanol–water partition coefficient (Wildman–Crippen LogP) is 5.87. The van der Waals surface area contributed by atoms with Crippen LogP contribution in [-0.2, 0) is 12.8 Å². The number of aryl methyl sites for hydroxylation is 2. The van der Waals surface area contributed by atoms with Crippen molar-refractivity contribution < 1.29 is 0 Å². The summed E-state index contributed by atoms with van der Waals surface area (Å²) in [6.07, 6.45) is 1.88. The van der Waals surface area contributed by atoms with Crippen LogP contribution in [0.15, 0.2) is 24.3 Å². The molecule has 0 saturated carbocycles. The average molecular weight is 360 g/mol. The maximum Gasteiger partial charge on any atom is 0.248 e. The largest absolute Gasteiger partial charge is 0.248 e. The van der Waals surface area contributed by atoms with Gasteiger partial charge in [-0.25, -0.2) is 0 Å². The fourth-order valence-electron chi connectivity index (χ4n) is 1.75. The zero-order valence-electron chi connectivity index (χ0n) is 10.6. The molecule has 102 valence electrons. The van der Waals surface area contributed by atoms with Crippen molar-refractivity contribution in [2.24, 2.45) is 0 Å². The van der Waals surface area contributed by atoms with Gasteiger partial charge in [0.25, 0.3) is 0 Å². The summed E-state index contributed by atoms with van der Waals surface area (Å²) in [5.74, 6) is 0. The van der Waals surface area contributed by atoms with Crippen molar-refractivity contribution in [1.29, 1.82) is 0 Å². The van der Waals surface area contributed by atoms with Gasteiger partial charge in [0.05, 0.1) is 0 Å². The molecule has 1 rings (SSSR count). The SMILES string of the molecule is C[Si](Cl)(Cl)CCc1ccccc1CC[Si](C)(Cl)Cl. The highest BCUT2D eigenvalue weighted by molar-refractivity contribution is 7.45. The molecule has 0 aliphatic heterocycles. The molecule has 0 atom stereocenters. The lowest BCUT2D eigenvalue weighted by molar-refractivity contribution is 1.02. The Morgan fingerprint density at radius 3 is 1.39 bits per heavy atom. The number of hydrogen-bond acceptors (Lipinski definition) is 0. The van der Waals surface area contributed by atoms with Gasteiger partial charge in [-0.3, -0.25) is 0 Å². The van der Waals surface area contributed by atoms with Crippen LogP contribution in [0.4, 0.5) is 0 Å². The lowest BCUT2D eigenvalue weighted by atomic mass is 10.0. The second-order valence-electron chi connectivity index (χ2n) is 4.91. The summed E-state index contributed by atoms with van der Waals surface area (Å²) in [4.78, 5) is 0. The quantitative estimate of drug-likeness (QED) is 0.440. The van der Waals surface area contributed by atoms with Crippen molar-refractivity contribution in [2.75, 3.05) is 0 Å². The zero-order chi connectivity index (χ0) is 13.8. The van der Waals surface area contributed by atoms with Crippen molar-refractivity contribution in [1.82, 2.24) is 0 Å². The molecule has 0 spiro atoms. The van der Waals surface area contributed by atoms with Crippen LogP contribution in [0.3, 0.4) is 0 Å². The van der Waals surface area contributed by atoms with Crippen LogP contribution in [-0.4, -0.2) is 13.4 Å². The minimum atomic E-state index is -2.02. The summed E-state index contributed by atoms with van der Waals surface area (Å²) in [6.45, 7) is -0.126. The third-order valence-corrected chi connectivity index (χ3v) is 7.31. The average Bonchev–Trinajstić information content (AvgIpc) is 2.22. The fraction of sp³-hybridized carbons (Fsp3) is 0.500. The van der Waals surface area contributed by atoms with E-state index in [1.807, 2.05) is 13.1 Å². The summed E-state index contributed by atoms with van der Waals surface area (Å²) in [5.41, 5.74) is 2.65. The van der Waals surface area contributed by atoms with Gasteiger partial charge in [0.1, 0.15) is 0 Å². The van der Waals surface area contributed by atoms with Crippen LogP contribution in [0.25, 0.3) is 0 Å². The van der Waals surface area contributed by atoms with Crippen molar-refractivity contribution in [3.8, 4) is 0 Å². The first kappa shape index (κ1) is 16.9. The molecule has 1 aromatic carbocycles. The topological polar surface area (TPSA) is 0 Å². The Bertz CT molecular complexity index is 345. The van der Waals surface area contributed by atoms with Gasteiger partial charge in [-0.05, 0) is 49.2 Å². The van der Waals surface area contributed by atoms with Crippen molar-refractivity contribution in [2.45, 2.75) is 38.0 Å². The number of halogens is 4. The molecule has 0 unspecified atom stereocenters. The number of benzene rings is 1. The normalized spacial score (nSPS) is 12.8. The zero-order valence-corrected chi connectivity index (χ0v) is 15.7. The minimum absolute atomic E-state index is 0.879. The van der Waals surface area contributed by atoms with E-state index >= 15 is 0 Å². The van der Waals surface area contributed by atoms with Crippen molar-refractivity contribution in [3.05, 3.63) is 35.4 Å². The molecule has 0 fully saturated rings. The standard InChI is InChI=1S/C12H18Cl4Si2/c1-17(13,14)9-7-11-5-3-4-6-12(11)8-10-18(2,15)16/h3-6H,7-10H2,1-2H3. The Balaban J connectivity index is 2.68. The Morgan fingerprint density at radius 2 is 1.11 bits per heavy atom. The minimum Gasteiger partial charge on any atom is -0.146 e. The van der Waals surface area contributed by atoms with Crippen LogP contribution in [0.2, 0.25) is 25.2 Å². The van der Waals surface area contributed by atoms with Gasteiger partial charge in [0, 0.05) is 0 Å². The molecule has 0 aliphatic carbocycles. The smallest absolute Gasteiger partial charge is 0.146 e. The molecule has 18 heavy (non-hydrogen) atoms. The van der Waals surface area contributed by atoms with Crippen molar-refractivity contribution in [3.63, 3.8) is 0 Å². The fourth-order valence-corrected chi connectivity index (χ4v) is 4.30. The molecule has 0 amide bonds. The van der Waals surface area contributed by atoms with Crippen molar-refractivity contribution >= 4 is 57.7 Å². The third kappa shape index (κ3) is 7.41. The highest BCUT2D eigenvalue weighted by atomic mass is 35.7. The maximum atomic E-state index is 6.15. The number of rotatable bonds is 6. The first-order valence-corrected chi connectivity index (χ1v) is 15.5.